The summed E-state index contributed by atoms with van der Waals surface area (Å²) >= 11 is 13.4. The Morgan fingerprint density at radius 1 is 1.10 bits per heavy atom. The van der Waals surface area contributed by atoms with Gasteiger partial charge in [-0.3, -0.25) is 0 Å². The minimum Gasteiger partial charge on any atom is -0.431 e. The average Bonchev–Trinajstić information content (AvgIpc) is 2.82. The highest BCUT2D eigenvalue weighted by molar-refractivity contribution is 7.98. The van der Waals surface area contributed by atoms with Crippen molar-refractivity contribution in [1.82, 2.24) is 4.98 Å². The third kappa shape index (κ3) is 2.87. The molecule has 20 heavy (non-hydrogen) atoms. The van der Waals surface area contributed by atoms with Crippen molar-refractivity contribution in [2.24, 2.45) is 0 Å². The van der Waals surface area contributed by atoms with Crippen molar-refractivity contribution in [2.75, 3.05) is 5.73 Å². The van der Waals surface area contributed by atoms with Crippen molar-refractivity contribution in [2.45, 2.75) is 11.0 Å². The molecule has 1 aromatic heterocycles. The predicted octanol–water partition coefficient (Wildman–Crippen LogP) is 5.01. The second-order valence-corrected chi connectivity index (χ2v) is 5.99. The number of nitrogens with zero attached hydrogens (tertiary/aromatic N) is 1. The number of benzene rings is 2. The molecule has 0 bridgehead atoms. The number of anilines is 1. The lowest BCUT2D eigenvalue weighted by Gasteiger charge is -2.00. The van der Waals surface area contributed by atoms with Gasteiger partial charge in [0.05, 0.1) is 10.0 Å². The van der Waals surface area contributed by atoms with Crippen LogP contribution in [0.5, 0.6) is 0 Å². The van der Waals surface area contributed by atoms with Crippen LogP contribution in [0.1, 0.15) is 5.56 Å². The first-order valence-corrected chi connectivity index (χ1v) is 7.59. The lowest BCUT2D eigenvalue weighted by molar-refractivity contribution is 0.489. The van der Waals surface area contributed by atoms with Crippen LogP contribution in [0, 0.1) is 0 Å². The molecule has 1 heterocycles. The third-order valence-corrected chi connectivity index (χ3v) is 4.38. The van der Waals surface area contributed by atoms with Crippen molar-refractivity contribution in [3.63, 3.8) is 0 Å². The van der Waals surface area contributed by atoms with E-state index in [1.807, 2.05) is 18.2 Å². The molecule has 2 aromatic carbocycles. The molecule has 0 spiro atoms. The lowest BCUT2D eigenvalue weighted by Crippen LogP contribution is -1.82. The maximum absolute atomic E-state index is 5.98. The second-order valence-electron chi connectivity index (χ2n) is 4.24. The fourth-order valence-corrected chi connectivity index (χ4v) is 2.86. The van der Waals surface area contributed by atoms with E-state index in [4.69, 9.17) is 33.4 Å². The van der Waals surface area contributed by atoms with E-state index in [9.17, 15) is 0 Å². The number of nitrogen functional groups attached to an aromatic ring is 1. The second kappa shape index (κ2) is 5.56. The van der Waals surface area contributed by atoms with Crippen LogP contribution < -0.4 is 5.73 Å². The van der Waals surface area contributed by atoms with E-state index in [0.717, 1.165) is 16.7 Å². The number of rotatable bonds is 3. The summed E-state index contributed by atoms with van der Waals surface area (Å²) in [5, 5.41) is 1.71. The van der Waals surface area contributed by atoms with Crippen molar-refractivity contribution in [3.05, 3.63) is 52.0 Å². The van der Waals surface area contributed by atoms with E-state index in [1.54, 1.807) is 18.2 Å². The molecular weight excluding hydrogens is 315 g/mol. The molecule has 0 atom stereocenters. The molecule has 2 N–H and O–H groups in total. The highest BCUT2D eigenvalue weighted by atomic mass is 35.5. The Kier molecular flexibility index (Phi) is 3.78. The van der Waals surface area contributed by atoms with Gasteiger partial charge in [0.1, 0.15) is 5.52 Å². The quantitative estimate of drug-likeness (QED) is 0.543. The fourth-order valence-electron chi connectivity index (χ4n) is 1.76. The SMILES string of the molecule is Nc1ccc2oc(SCc3ccc(Cl)c(Cl)c3)nc2c1. The number of aromatic nitrogens is 1. The molecule has 3 aromatic rings. The molecule has 0 saturated heterocycles. The van der Waals surface area contributed by atoms with Gasteiger partial charge in [0.2, 0.25) is 0 Å². The molecule has 6 heteroatoms. The van der Waals surface area contributed by atoms with Crippen LogP contribution in [0.3, 0.4) is 0 Å². The van der Waals surface area contributed by atoms with Gasteiger partial charge in [0.15, 0.2) is 5.58 Å². The number of thioether (sulfide) groups is 1. The van der Waals surface area contributed by atoms with Gasteiger partial charge in [-0.25, -0.2) is 4.98 Å². The summed E-state index contributed by atoms with van der Waals surface area (Å²) in [5.41, 5.74) is 8.95. The van der Waals surface area contributed by atoms with Crippen molar-refractivity contribution < 1.29 is 4.42 Å². The normalized spacial score (nSPS) is 11.1. The van der Waals surface area contributed by atoms with Gasteiger partial charge >= 0.3 is 0 Å². The summed E-state index contributed by atoms with van der Waals surface area (Å²) in [6, 6.07) is 11.0. The van der Waals surface area contributed by atoms with E-state index >= 15 is 0 Å². The summed E-state index contributed by atoms with van der Waals surface area (Å²) in [7, 11) is 0. The van der Waals surface area contributed by atoms with Crippen LogP contribution >= 0.6 is 35.0 Å². The van der Waals surface area contributed by atoms with Crippen molar-refractivity contribution in [3.8, 4) is 0 Å². The largest absolute Gasteiger partial charge is 0.431 e. The van der Waals surface area contributed by atoms with Gasteiger partial charge < -0.3 is 10.2 Å². The van der Waals surface area contributed by atoms with Crippen LogP contribution in [0.4, 0.5) is 5.69 Å². The number of fused-ring (bicyclic) bond motifs is 1. The molecule has 0 aliphatic heterocycles. The zero-order valence-electron chi connectivity index (χ0n) is 10.3. The van der Waals surface area contributed by atoms with E-state index in [0.29, 0.717) is 26.7 Å². The summed E-state index contributed by atoms with van der Waals surface area (Å²) in [4.78, 5) is 4.39. The van der Waals surface area contributed by atoms with E-state index in [2.05, 4.69) is 4.98 Å². The summed E-state index contributed by atoms with van der Waals surface area (Å²) in [6.45, 7) is 0. The Labute approximate surface area is 130 Å². The Bertz CT molecular complexity index is 773. The Balaban J connectivity index is 1.77. The number of halogens is 2. The summed E-state index contributed by atoms with van der Waals surface area (Å²) in [6.07, 6.45) is 0. The summed E-state index contributed by atoms with van der Waals surface area (Å²) < 4.78 is 5.64. The highest BCUT2D eigenvalue weighted by Crippen LogP contribution is 2.29. The zero-order valence-corrected chi connectivity index (χ0v) is 12.6. The van der Waals surface area contributed by atoms with E-state index in [1.165, 1.54) is 11.8 Å². The Morgan fingerprint density at radius 2 is 1.95 bits per heavy atom. The van der Waals surface area contributed by atoms with Crippen LogP contribution in [0.15, 0.2) is 46.0 Å². The Morgan fingerprint density at radius 3 is 2.75 bits per heavy atom. The van der Waals surface area contributed by atoms with Crippen LogP contribution in [-0.2, 0) is 5.75 Å². The van der Waals surface area contributed by atoms with E-state index in [-0.39, 0.29) is 0 Å². The molecule has 0 aliphatic carbocycles. The van der Waals surface area contributed by atoms with Gasteiger partial charge in [0.25, 0.3) is 5.22 Å². The predicted molar refractivity (Wildman–Crippen MR) is 84.4 cm³/mol. The average molecular weight is 325 g/mol. The van der Waals surface area contributed by atoms with Gasteiger partial charge in [0, 0.05) is 11.4 Å². The molecule has 0 saturated carbocycles. The highest BCUT2D eigenvalue weighted by Gasteiger charge is 2.07. The van der Waals surface area contributed by atoms with Crippen molar-refractivity contribution in [1.29, 1.82) is 0 Å². The van der Waals surface area contributed by atoms with Gasteiger partial charge in [-0.05, 0) is 35.9 Å². The smallest absolute Gasteiger partial charge is 0.257 e. The number of hydrogen-bond donors (Lipinski definition) is 1. The molecule has 3 rings (SSSR count). The maximum Gasteiger partial charge on any atom is 0.257 e. The molecule has 0 aliphatic rings. The van der Waals surface area contributed by atoms with Crippen molar-refractivity contribution >= 4 is 51.8 Å². The minimum atomic E-state index is 0.551. The molecule has 0 amide bonds. The maximum atomic E-state index is 5.98. The van der Waals surface area contributed by atoms with Gasteiger partial charge in [-0.2, -0.15) is 0 Å². The third-order valence-electron chi connectivity index (χ3n) is 2.74. The summed E-state index contributed by atoms with van der Waals surface area (Å²) in [5.74, 6) is 0.708. The van der Waals surface area contributed by atoms with Crippen LogP contribution in [0.25, 0.3) is 11.1 Å². The standard InChI is InChI=1S/C14H10Cl2N2OS/c15-10-3-1-8(5-11(10)16)7-20-14-18-12-6-9(17)2-4-13(12)19-14/h1-6H,7,17H2. The van der Waals surface area contributed by atoms with Crippen LogP contribution in [0.2, 0.25) is 10.0 Å². The topological polar surface area (TPSA) is 52.0 Å². The van der Waals surface area contributed by atoms with Gasteiger partial charge in [-0.15, -0.1) is 0 Å². The van der Waals surface area contributed by atoms with E-state index < -0.39 is 0 Å². The Hall–Kier alpha value is -1.36. The first-order chi connectivity index (χ1) is 9.61. The molecule has 0 unspecified atom stereocenters. The molecule has 0 fully saturated rings. The van der Waals surface area contributed by atoms with Gasteiger partial charge in [-0.1, -0.05) is 41.0 Å². The molecule has 3 nitrogen and oxygen atoms in total. The first kappa shape index (κ1) is 13.6. The number of nitrogens with two attached hydrogens (primary N) is 1. The molecule has 102 valence electrons. The molecule has 0 radical (unpaired) electrons. The number of hydrogen-bond acceptors (Lipinski definition) is 4. The monoisotopic (exact) mass is 324 g/mol. The fraction of sp³-hybridized carbons (Fsp3) is 0.0714. The number of oxazole rings is 1. The minimum absolute atomic E-state index is 0.551. The molecular formula is C14H10Cl2N2OS. The van der Waals surface area contributed by atoms with Crippen LogP contribution in [-0.4, -0.2) is 4.98 Å². The zero-order chi connectivity index (χ0) is 14.1. The first-order valence-electron chi connectivity index (χ1n) is 5.84. The lowest BCUT2D eigenvalue weighted by atomic mass is 10.2.